The number of rotatable bonds is 1. The molecule has 32 valence electrons. The molecule has 0 bridgehead atoms. The van der Waals surface area contributed by atoms with Crippen molar-refractivity contribution in [3.8, 4) is 0 Å². The third-order valence-electron chi connectivity index (χ3n) is 0.289. The summed E-state index contributed by atoms with van der Waals surface area (Å²) in [6, 6.07) is 0. The van der Waals surface area contributed by atoms with Gasteiger partial charge in [-0.3, -0.25) is 0 Å². The normalized spacial score (nSPS) is 5.00. The predicted molar refractivity (Wildman–Crippen MR) is 31.8 cm³/mol. The molecule has 0 amide bonds. The van der Waals surface area contributed by atoms with Crippen molar-refractivity contribution in [2.75, 3.05) is 0 Å². The van der Waals surface area contributed by atoms with Crippen LogP contribution in [0, 0.1) is 0 Å². The maximum absolute atomic E-state index is 3.48. The van der Waals surface area contributed by atoms with Gasteiger partial charge in [0, 0.05) is 0 Å². The summed E-state index contributed by atoms with van der Waals surface area (Å²) in [5, 5.41) is 0. The van der Waals surface area contributed by atoms with Crippen LogP contribution in [-0.4, -0.2) is 11.0 Å². The Morgan fingerprint density at radius 3 is 2.00 bits per heavy atom. The Morgan fingerprint density at radius 2 is 2.00 bits per heavy atom. The van der Waals surface area contributed by atoms with Gasteiger partial charge in [0.15, 0.2) is 0 Å². The molecule has 0 aliphatic rings. The first-order chi connectivity index (χ1) is 1.91. The van der Waals surface area contributed by atoms with E-state index in [1.807, 2.05) is 6.08 Å². The van der Waals surface area contributed by atoms with Crippen LogP contribution in [0.3, 0.4) is 0 Å². The summed E-state index contributed by atoms with van der Waals surface area (Å²) < 4.78 is 0. The summed E-state index contributed by atoms with van der Waals surface area (Å²) in [6.45, 7) is 5.54. The van der Waals surface area contributed by atoms with E-state index in [1.165, 1.54) is 0 Å². The van der Waals surface area contributed by atoms with E-state index in [9.17, 15) is 0 Å². The lowest BCUT2D eigenvalue weighted by molar-refractivity contribution is 1.23. The number of allylic oxidation sites excluding steroid dienone is 1. The van der Waals surface area contributed by atoms with Gasteiger partial charge in [0.25, 0.3) is 0 Å². The van der Waals surface area contributed by atoms with E-state index in [1.54, 1.807) is 0 Å². The van der Waals surface area contributed by atoms with Gasteiger partial charge in [-0.05, 0) is 17.4 Å². The quantitative estimate of drug-likeness (QED) is 0.316. The molecular weight excluding hydrogens is 76.1 g/mol. The zero-order chi connectivity index (χ0) is 3.41. The Hall–Kier alpha value is -0.0431. The standard InChI is InChI=1S/C4H8.H4Si/c1-3-4-2;/h3H,1,4H2,2H3;1H4. The molecule has 5 heavy (non-hydrogen) atoms. The van der Waals surface area contributed by atoms with Crippen LogP contribution in [-0.2, 0) is 0 Å². The van der Waals surface area contributed by atoms with E-state index in [2.05, 4.69) is 13.5 Å². The molecule has 0 unspecified atom stereocenters. The highest BCUT2D eigenvalue weighted by Gasteiger charge is 1.45. The molecule has 0 aromatic rings. The average molecular weight is 88.2 g/mol. The Morgan fingerprint density at radius 1 is 1.80 bits per heavy atom. The van der Waals surface area contributed by atoms with Gasteiger partial charge in [0.1, 0.15) is 0 Å². The molecule has 0 N–H and O–H groups in total. The second kappa shape index (κ2) is 9.03. The molecule has 1 heteroatoms. The van der Waals surface area contributed by atoms with Gasteiger partial charge in [-0.1, -0.05) is 13.0 Å². The fourth-order valence-electron chi connectivity index (χ4n) is 0. The smallest absolute Gasteiger partial charge is 0.0149 e. The molecule has 0 atom stereocenters. The Kier molecular flexibility index (Phi) is 16.0. The van der Waals surface area contributed by atoms with Crippen LogP contribution in [0.15, 0.2) is 12.7 Å². The highest BCUT2D eigenvalue weighted by atomic mass is 28.1. The van der Waals surface area contributed by atoms with Gasteiger partial charge in [-0.15, -0.1) is 6.58 Å². The maximum Gasteiger partial charge on any atom is -0.0149 e. The van der Waals surface area contributed by atoms with E-state index >= 15 is 0 Å². The van der Waals surface area contributed by atoms with Gasteiger partial charge in [-0.2, -0.15) is 0 Å². The SMILES string of the molecule is C=CCC.[SiH4]. The summed E-state index contributed by atoms with van der Waals surface area (Å²) in [7, 11) is 0. The van der Waals surface area contributed by atoms with Gasteiger partial charge in [0.2, 0.25) is 0 Å². The van der Waals surface area contributed by atoms with Crippen LogP contribution in [0.25, 0.3) is 0 Å². The van der Waals surface area contributed by atoms with Crippen molar-refractivity contribution in [2.45, 2.75) is 13.3 Å². The molecule has 0 aliphatic carbocycles. The third kappa shape index (κ3) is 16.5. The van der Waals surface area contributed by atoms with Crippen molar-refractivity contribution >= 4 is 11.0 Å². The van der Waals surface area contributed by atoms with E-state index in [0.29, 0.717) is 0 Å². The van der Waals surface area contributed by atoms with Crippen LogP contribution in [0.2, 0.25) is 0 Å². The minimum Gasteiger partial charge on any atom is -0.103 e. The molecule has 0 rings (SSSR count). The van der Waals surface area contributed by atoms with E-state index in [0.717, 1.165) is 6.42 Å². The Balaban J connectivity index is 0. The van der Waals surface area contributed by atoms with Gasteiger partial charge >= 0.3 is 0 Å². The van der Waals surface area contributed by atoms with E-state index in [-0.39, 0.29) is 11.0 Å². The summed E-state index contributed by atoms with van der Waals surface area (Å²) in [5.74, 6) is 0. The molecule has 0 aromatic carbocycles. The first kappa shape index (κ1) is 8.88. The molecule has 0 spiro atoms. The Bertz CT molecular complexity index is 17.6. The van der Waals surface area contributed by atoms with Crippen molar-refractivity contribution in [3.63, 3.8) is 0 Å². The molecule has 0 nitrogen and oxygen atoms in total. The zero-order valence-electron chi connectivity index (χ0n) is 2.99. The summed E-state index contributed by atoms with van der Waals surface area (Å²) in [4.78, 5) is 0. The Labute approximate surface area is 37.9 Å². The second-order valence-corrected chi connectivity index (χ2v) is 0.697. The van der Waals surface area contributed by atoms with Crippen molar-refractivity contribution in [1.29, 1.82) is 0 Å². The van der Waals surface area contributed by atoms with Gasteiger partial charge in [-0.25, -0.2) is 0 Å². The minimum atomic E-state index is 0. The molecular formula is C4H12Si. The average Bonchev–Trinajstić information content (AvgIpc) is 1.37. The van der Waals surface area contributed by atoms with Crippen LogP contribution in [0.4, 0.5) is 0 Å². The number of hydrogen-bond donors (Lipinski definition) is 0. The lowest BCUT2D eigenvalue weighted by Crippen LogP contribution is -1.36. The van der Waals surface area contributed by atoms with Crippen molar-refractivity contribution in [3.05, 3.63) is 12.7 Å². The highest BCUT2D eigenvalue weighted by molar-refractivity contribution is 5.75. The van der Waals surface area contributed by atoms with E-state index < -0.39 is 0 Å². The zero-order valence-corrected chi connectivity index (χ0v) is 2.99. The molecule has 0 radical (unpaired) electrons. The van der Waals surface area contributed by atoms with Crippen LogP contribution in [0.1, 0.15) is 13.3 Å². The lowest BCUT2D eigenvalue weighted by atomic mass is 10.5. The highest BCUT2D eigenvalue weighted by Crippen LogP contribution is 1.66. The fourth-order valence-corrected chi connectivity index (χ4v) is 0. The first-order valence-electron chi connectivity index (χ1n) is 1.52. The van der Waals surface area contributed by atoms with Crippen molar-refractivity contribution in [1.82, 2.24) is 0 Å². The molecule has 0 heterocycles. The molecule has 0 saturated carbocycles. The fraction of sp³-hybridized carbons (Fsp3) is 0.500. The molecule has 0 aromatic heterocycles. The van der Waals surface area contributed by atoms with Crippen LogP contribution in [0.5, 0.6) is 0 Å². The number of hydrogen-bond acceptors (Lipinski definition) is 0. The molecule has 0 aliphatic heterocycles. The lowest BCUT2D eigenvalue weighted by Gasteiger charge is -1.57. The predicted octanol–water partition coefficient (Wildman–Crippen LogP) is 0.131. The summed E-state index contributed by atoms with van der Waals surface area (Å²) >= 11 is 0. The van der Waals surface area contributed by atoms with Crippen molar-refractivity contribution < 1.29 is 0 Å². The minimum absolute atomic E-state index is 0. The largest absolute Gasteiger partial charge is 0.103 e. The summed E-state index contributed by atoms with van der Waals surface area (Å²) in [6.07, 6.45) is 2.96. The third-order valence-corrected chi connectivity index (χ3v) is 0.289. The molecule has 0 saturated heterocycles. The first-order valence-corrected chi connectivity index (χ1v) is 1.52. The summed E-state index contributed by atoms with van der Waals surface area (Å²) in [5.41, 5.74) is 0. The van der Waals surface area contributed by atoms with Gasteiger partial charge in [0.05, 0.1) is 0 Å². The topological polar surface area (TPSA) is 0 Å². The van der Waals surface area contributed by atoms with Gasteiger partial charge < -0.3 is 0 Å². The molecule has 0 fully saturated rings. The second-order valence-electron chi connectivity index (χ2n) is 0.697. The van der Waals surface area contributed by atoms with Crippen LogP contribution < -0.4 is 0 Å². The van der Waals surface area contributed by atoms with Crippen molar-refractivity contribution in [2.24, 2.45) is 0 Å². The van der Waals surface area contributed by atoms with Crippen LogP contribution >= 0.6 is 0 Å². The monoisotopic (exact) mass is 88.1 g/mol. The maximum atomic E-state index is 3.48. The van der Waals surface area contributed by atoms with E-state index in [4.69, 9.17) is 0 Å².